The van der Waals surface area contributed by atoms with E-state index >= 15 is 0 Å². The number of carbonyl (C=O) groups is 2. The minimum atomic E-state index is -0.574. The van der Waals surface area contributed by atoms with Gasteiger partial charge in [0, 0.05) is 32.0 Å². The first kappa shape index (κ1) is 18.1. The molecule has 2 atom stereocenters. The van der Waals surface area contributed by atoms with E-state index in [1.807, 2.05) is 45.0 Å². The van der Waals surface area contributed by atoms with Gasteiger partial charge in [0.05, 0.1) is 7.11 Å². The molecule has 1 aliphatic heterocycles. The molecular formula is C18H26N2O4. The summed E-state index contributed by atoms with van der Waals surface area (Å²) < 4.78 is 10.5. The SMILES string of the molecule is COc1ccc(C2CN(C)C(=O)C[C@H]2NC(=O)OC(C)(C)C)cc1. The van der Waals surface area contributed by atoms with E-state index in [4.69, 9.17) is 9.47 Å². The number of ether oxygens (including phenoxy) is 2. The monoisotopic (exact) mass is 334 g/mol. The highest BCUT2D eigenvalue weighted by Crippen LogP contribution is 2.29. The molecule has 2 rings (SSSR count). The Bertz CT molecular complexity index is 592. The fourth-order valence-corrected chi connectivity index (χ4v) is 2.81. The van der Waals surface area contributed by atoms with Gasteiger partial charge in [0.2, 0.25) is 5.91 Å². The zero-order valence-electron chi connectivity index (χ0n) is 15.0. The maximum Gasteiger partial charge on any atom is 0.407 e. The molecule has 0 aliphatic carbocycles. The van der Waals surface area contributed by atoms with Crippen molar-refractivity contribution in [3.05, 3.63) is 29.8 Å². The van der Waals surface area contributed by atoms with E-state index in [1.165, 1.54) is 0 Å². The molecule has 6 nitrogen and oxygen atoms in total. The van der Waals surface area contributed by atoms with Crippen molar-refractivity contribution < 1.29 is 19.1 Å². The average Bonchev–Trinajstić information content (AvgIpc) is 2.49. The molecule has 0 radical (unpaired) electrons. The summed E-state index contributed by atoms with van der Waals surface area (Å²) in [7, 11) is 3.40. The first-order valence-corrected chi connectivity index (χ1v) is 8.07. The molecule has 1 aliphatic rings. The summed E-state index contributed by atoms with van der Waals surface area (Å²) in [5.74, 6) is 0.794. The Morgan fingerprint density at radius 2 is 1.88 bits per heavy atom. The maximum atomic E-state index is 12.1. The van der Waals surface area contributed by atoms with Crippen molar-refractivity contribution in [1.82, 2.24) is 10.2 Å². The predicted octanol–water partition coefficient (Wildman–Crippen LogP) is 2.53. The van der Waals surface area contributed by atoms with Crippen molar-refractivity contribution in [1.29, 1.82) is 0 Å². The van der Waals surface area contributed by atoms with Gasteiger partial charge in [0.15, 0.2) is 0 Å². The second-order valence-electron chi connectivity index (χ2n) is 7.11. The van der Waals surface area contributed by atoms with Crippen LogP contribution in [0, 0.1) is 0 Å². The van der Waals surface area contributed by atoms with E-state index in [1.54, 1.807) is 19.1 Å². The molecule has 1 aromatic rings. The Balaban J connectivity index is 2.17. The number of carbonyl (C=O) groups excluding carboxylic acids is 2. The van der Waals surface area contributed by atoms with Gasteiger partial charge in [-0.3, -0.25) is 4.79 Å². The minimum absolute atomic E-state index is 0.00567. The number of nitrogens with one attached hydrogen (secondary N) is 1. The van der Waals surface area contributed by atoms with Gasteiger partial charge in [0.1, 0.15) is 11.4 Å². The van der Waals surface area contributed by atoms with Crippen LogP contribution in [-0.4, -0.2) is 49.2 Å². The van der Waals surface area contributed by atoms with Crippen LogP contribution in [0.15, 0.2) is 24.3 Å². The topological polar surface area (TPSA) is 67.9 Å². The van der Waals surface area contributed by atoms with Crippen molar-refractivity contribution >= 4 is 12.0 Å². The molecule has 24 heavy (non-hydrogen) atoms. The van der Waals surface area contributed by atoms with Crippen LogP contribution >= 0.6 is 0 Å². The normalized spacial score (nSPS) is 21.4. The van der Waals surface area contributed by atoms with Crippen molar-refractivity contribution in [3.8, 4) is 5.75 Å². The molecule has 0 bridgehead atoms. The van der Waals surface area contributed by atoms with Crippen LogP contribution < -0.4 is 10.1 Å². The Morgan fingerprint density at radius 3 is 2.42 bits per heavy atom. The smallest absolute Gasteiger partial charge is 0.407 e. The first-order valence-electron chi connectivity index (χ1n) is 8.07. The third kappa shape index (κ3) is 4.63. The molecule has 2 amide bonds. The lowest BCUT2D eigenvalue weighted by molar-refractivity contribution is -0.133. The number of hydrogen-bond acceptors (Lipinski definition) is 4. The van der Waals surface area contributed by atoms with Crippen molar-refractivity contribution in [3.63, 3.8) is 0 Å². The molecule has 1 aromatic carbocycles. The molecule has 6 heteroatoms. The van der Waals surface area contributed by atoms with E-state index in [2.05, 4.69) is 5.32 Å². The van der Waals surface area contributed by atoms with Gasteiger partial charge in [-0.15, -0.1) is 0 Å². The highest BCUT2D eigenvalue weighted by Gasteiger charge is 2.35. The van der Waals surface area contributed by atoms with Crippen LogP contribution in [-0.2, 0) is 9.53 Å². The van der Waals surface area contributed by atoms with Crippen molar-refractivity contribution in [2.24, 2.45) is 0 Å². The van der Waals surface area contributed by atoms with Crippen LogP contribution in [0.4, 0.5) is 4.79 Å². The summed E-state index contributed by atoms with van der Waals surface area (Å²) in [6, 6.07) is 7.41. The van der Waals surface area contributed by atoms with Crippen molar-refractivity contribution in [2.75, 3.05) is 20.7 Å². The maximum absolute atomic E-state index is 12.1. The average molecular weight is 334 g/mol. The molecule has 1 heterocycles. The number of hydrogen-bond donors (Lipinski definition) is 1. The fourth-order valence-electron chi connectivity index (χ4n) is 2.81. The lowest BCUT2D eigenvalue weighted by atomic mass is 9.86. The zero-order chi connectivity index (χ0) is 17.9. The summed E-state index contributed by atoms with van der Waals surface area (Å²) in [6.07, 6.45) is -0.240. The van der Waals surface area contributed by atoms with Gasteiger partial charge in [-0.25, -0.2) is 4.79 Å². The Kier molecular flexibility index (Phi) is 5.36. The lowest BCUT2D eigenvalue weighted by Gasteiger charge is -2.37. The molecule has 132 valence electrons. The third-order valence-corrected chi connectivity index (χ3v) is 4.02. The molecule has 1 saturated heterocycles. The summed E-state index contributed by atoms with van der Waals surface area (Å²) >= 11 is 0. The second kappa shape index (κ2) is 7.11. The number of likely N-dealkylation sites (N-methyl/N-ethyl adjacent to an activating group) is 1. The van der Waals surface area contributed by atoms with Gasteiger partial charge >= 0.3 is 6.09 Å². The number of benzene rings is 1. The molecule has 0 aromatic heterocycles. The van der Waals surface area contributed by atoms with E-state index in [-0.39, 0.29) is 24.3 Å². The van der Waals surface area contributed by atoms with Gasteiger partial charge in [0.25, 0.3) is 0 Å². The van der Waals surface area contributed by atoms with Crippen molar-refractivity contribution in [2.45, 2.75) is 44.8 Å². The van der Waals surface area contributed by atoms with E-state index in [9.17, 15) is 9.59 Å². The van der Waals surface area contributed by atoms with E-state index in [0.717, 1.165) is 11.3 Å². The van der Waals surface area contributed by atoms with Crippen LogP contribution in [0.1, 0.15) is 38.7 Å². The Labute approximate surface area is 143 Å². The predicted molar refractivity (Wildman–Crippen MR) is 91.1 cm³/mol. The summed E-state index contributed by atoms with van der Waals surface area (Å²) in [4.78, 5) is 25.9. The molecule has 0 spiro atoms. The highest BCUT2D eigenvalue weighted by atomic mass is 16.6. The number of likely N-dealkylation sites (tertiary alicyclic amines) is 1. The Morgan fingerprint density at radius 1 is 1.25 bits per heavy atom. The van der Waals surface area contributed by atoms with Crippen LogP contribution in [0.5, 0.6) is 5.75 Å². The Hall–Kier alpha value is -2.24. The number of methoxy groups -OCH3 is 1. The molecular weight excluding hydrogens is 308 g/mol. The minimum Gasteiger partial charge on any atom is -0.497 e. The van der Waals surface area contributed by atoms with Gasteiger partial charge in [-0.1, -0.05) is 12.1 Å². The number of nitrogens with zero attached hydrogens (tertiary/aromatic N) is 1. The standard InChI is InChI=1S/C18H26N2O4/c1-18(2,3)24-17(22)19-15-10-16(21)20(4)11-14(15)12-6-8-13(23-5)9-7-12/h6-9,14-15H,10-11H2,1-5H3,(H,19,22)/t14?,15-/m1/s1. The number of amides is 2. The number of piperidine rings is 1. The summed E-state index contributed by atoms with van der Waals surface area (Å²) in [6.45, 7) is 5.99. The third-order valence-electron chi connectivity index (χ3n) is 4.02. The van der Waals surface area contributed by atoms with Crippen LogP contribution in [0.25, 0.3) is 0 Å². The van der Waals surface area contributed by atoms with Gasteiger partial charge in [-0.05, 0) is 38.5 Å². The summed E-state index contributed by atoms with van der Waals surface area (Å²) in [5.41, 5.74) is 0.478. The number of rotatable bonds is 3. The van der Waals surface area contributed by atoms with Gasteiger partial charge in [-0.2, -0.15) is 0 Å². The van der Waals surface area contributed by atoms with E-state index < -0.39 is 11.7 Å². The quantitative estimate of drug-likeness (QED) is 0.922. The molecule has 1 unspecified atom stereocenters. The molecule has 1 N–H and O–H groups in total. The summed E-state index contributed by atoms with van der Waals surface area (Å²) in [5, 5.41) is 2.86. The van der Waals surface area contributed by atoms with Crippen LogP contribution in [0.3, 0.4) is 0 Å². The molecule has 0 saturated carbocycles. The number of alkyl carbamates (subject to hydrolysis) is 1. The zero-order valence-corrected chi connectivity index (χ0v) is 15.0. The first-order chi connectivity index (χ1) is 11.2. The fraction of sp³-hybridized carbons (Fsp3) is 0.556. The highest BCUT2D eigenvalue weighted by molar-refractivity contribution is 5.79. The second-order valence-corrected chi connectivity index (χ2v) is 7.11. The van der Waals surface area contributed by atoms with Crippen LogP contribution in [0.2, 0.25) is 0 Å². The van der Waals surface area contributed by atoms with Gasteiger partial charge < -0.3 is 19.7 Å². The largest absolute Gasteiger partial charge is 0.497 e. The lowest BCUT2D eigenvalue weighted by Crippen LogP contribution is -2.51. The molecule has 1 fully saturated rings. The van der Waals surface area contributed by atoms with E-state index in [0.29, 0.717) is 6.54 Å².